The van der Waals surface area contributed by atoms with E-state index in [2.05, 4.69) is 32.2 Å². The summed E-state index contributed by atoms with van der Waals surface area (Å²) in [6.45, 7) is 7.23. The lowest BCUT2D eigenvalue weighted by molar-refractivity contribution is 0.0627. The van der Waals surface area contributed by atoms with Gasteiger partial charge >= 0.3 is 0 Å². The van der Waals surface area contributed by atoms with Gasteiger partial charge in [-0.15, -0.1) is 5.10 Å². The smallest absolute Gasteiger partial charge is 0.168 e. The molecule has 2 aromatic rings. The summed E-state index contributed by atoms with van der Waals surface area (Å²) < 4.78 is 15.1. The van der Waals surface area contributed by atoms with Crippen molar-refractivity contribution in [1.82, 2.24) is 30.0 Å². The van der Waals surface area contributed by atoms with E-state index in [1.807, 2.05) is 4.68 Å². The van der Waals surface area contributed by atoms with Crippen LogP contribution >= 0.6 is 0 Å². The molecule has 1 aromatic heterocycles. The van der Waals surface area contributed by atoms with Crippen molar-refractivity contribution < 1.29 is 4.39 Å². The Balaban J connectivity index is 1.45. The third-order valence-electron chi connectivity index (χ3n) is 6.30. The van der Waals surface area contributed by atoms with Gasteiger partial charge in [-0.2, -0.15) is 0 Å². The van der Waals surface area contributed by atoms with Gasteiger partial charge in [0.2, 0.25) is 0 Å². The van der Waals surface area contributed by atoms with Gasteiger partial charge in [-0.25, -0.2) is 9.07 Å². The Labute approximate surface area is 166 Å². The molecule has 4 rings (SSSR count). The Bertz CT molecular complexity index is 732. The quantitative estimate of drug-likeness (QED) is 0.731. The third kappa shape index (κ3) is 4.41. The van der Waals surface area contributed by atoms with Crippen molar-refractivity contribution in [2.75, 3.05) is 26.2 Å². The van der Waals surface area contributed by atoms with Gasteiger partial charge in [-0.05, 0) is 47.4 Å². The standard InChI is InChI=1S/C21H31FN6/c1-2-5-20(27-14-12-26(13-15-27)19-6-3-4-7-19)21-23-24-25-28(21)16-17-8-10-18(22)11-9-17/h8-11,19-20H,2-7,12-16H2,1H3. The monoisotopic (exact) mass is 386 g/mol. The van der Waals surface area contributed by atoms with Crippen molar-refractivity contribution in [3.8, 4) is 0 Å². The average Bonchev–Trinajstić information content (AvgIpc) is 3.40. The summed E-state index contributed by atoms with van der Waals surface area (Å²) in [6, 6.07) is 7.63. The van der Waals surface area contributed by atoms with Gasteiger partial charge in [-0.3, -0.25) is 9.80 Å². The predicted molar refractivity (Wildman–Crippen MR) is 106 cm³/mol. The fourth-order valence-electron chi connectivity index (χ4n) is 4.76. The number of hydrogen-bond acceptors (Lipinski definition) is 5. The van der Waals surface area contributed by atoms with Crippen LogP contribution in [0.1, 0.15) is 62.9 Å². The topological polar surface area (TPSA) is 50.1 Å². The molecule has 2 aliphatic rings. The molecule has 1 atom stereocenters. The largest absolute Gasteiger partial charge is 0.298 e. The van der Waals surface area contributed by atoms with Crippen LogP contribution in [0.5, 0.6) is 0 Å². The zero-order valence-corrected chi connectivity index (χ0v) is 16.8. The highest BCUT2D eigenvalue weighted by Gasteiger charge is 2.31. The number of piperazine rings is 1. The summed E-state index contributed by atoms with van der Waals surface area (Å²) in [5, 5.41) is 12.6. The first-order valence-corrected chi connectivity index (χ1v) is 10.7. The van der Waals surface area contributed by atoms with Gasteiger partial charge in [0, 0.05) is 32.2 Å². The van der Waals surface area contributed by atoms with E-state index in [-0.39, 0.29) is 11.9 Å². The van der Waals surface area contributed by atoms with E-state index in [1.165, 1.54) is 37.8 Å². The zero-order chi connectivity index (χ0) is 19.3. The first-order chi connectivity index (χ1) is 13.7. The second-order valence-corrected chi connectivity index (χ2v) is 8.14. The Morgan fingerprint density at radius 1 is 1.07 bits per heavy atom. The van der Waals surface area contributed by atoms with E-state index in [9.17, 15) is 4.39 Å². The lowest BCUT2D eigenvalue weighted by atomic mass is 10.1. The number of benzene rings is 1. The third-order valence-corrected chi connectivity index (χ3v) is 6.30. The molecule has 7 heteroatoms. The highest BCUT2D eigenvalue weighted by molar-refractivity contribution is 5.16. The minimum absolute atomic E-state index is 0.218. The van der Waals surface area contributed by atoms with Crippen LogP contribution in [0.4, 0.5) is 4.39 Å². The summed E-state index contributed by atoms with van der Waals surface area (Å²) in [5.74, 6) is 0.713. The van der Waals surface area contributed by atoms with Crippen LogP contribution in [0, 0.1) is 5.82 Å². The van der Waals surface area contributed by atoms with E-state index in [4.69, 9.17) is 0 Å². The lowest BCUT2D eigenvalue weighted by Crippen LogP contribution is -2.50. The first kappa shape index (κ1) is 19.5. The van der Waals surface area contributed by atoms with Gasteiger partial charge in [0.25, 0.3) is 0 Å². The number of halogens is 1. The van der Waals surface area contributed by atoms with E-state index < -0.39 is 0 Å². The van der Waals surface area contributed by atoms with Crippen LogP contribution in [0.2, 0.25) is 0 Å². The Kier molecular flexibility index (Phi) is 6.32. The molecule has 0 bridgehead atoms. The van der Waals surface area contributed by atoms with E-state index in [0.717, 1.165) is 56.5 Å². The molecule has 0 amide bonds. The SMILES string of the molecule is CCCC(c1nnnn1Cc1ccc(F)cc1)N1CCN(C2CCCC2)CC1. The molecule has 1 aliphatic heterocycles. The number of aromatic nitrogens is 4. The van der Waals surface area contributed by atoms with Gasteiger partial charge in [0.1, 0.15) is 5.82 Å². The minimum Gasteiger partial charge on any atom is -0.298 e. The Morgan fingerprint density at radius 3 is 2.46 bits per heavy atom. The van der Waals surface area contributed by atoms with Crippen molar-refractivity contribution in [3.05, 3.63) is 41.5 Å². The molecular weight excluding hydrogens is 355 g/mol. The van der Waals surface area contributed by atoms with Crippen LogP contribution in [-0.4, -0.2) is 62.2 Å². The second kappa shape index (κ2) is 9.09. The highest BCUT2D eigenvalue weighted by Crippen LogP contribution is 2.28. The van der Waals surface area contributed by atoms with Crippen LogP contribution in [-0.2, 0) is 6.54 Å². The summed E-state index contributed by atoms with van der Waals surface area (Å²) >= 11 is 0. The summed E-state index contributed by atoms with van der Waals surface area (Å²) in [5.41, 5.74) is 1.01. The fraction of sp³-hybridized carbons (Fsp3) is 0.667. The molecule has 1 aliphatic carbocycles. The van der Waals surface area contributed by atoms with Gasteiger partial charge in [-0.1, -0.05) is 38.3 Å². The molecule has 1 unspecified atom stereocenters. The van der Waals surface area contributed by atoms with Gasteiger partial charge in [0.05, 0.1) is 12.6 Å². The average molecular weight is 387 g/mol. The highest BCUT2D eigenvalue weighted by atomic mass is 19.1. The number of hydrogen-bond donors (Lipinski definition) is 0. The molecule has 1 saturated carbocycles. The lowest BCUT2D eigenvalue weighted by Gasteiger charge is -2.41. The second-order valence-electron chi connectivity index (χ2n) is 8.14. The molecular formula is C21H31FN6. The molecule has 28 heavy (non-hydrogen) atoms. The fourth-order valence-corrected chi connectivity index (χ4v) is 4.76. The molecule has 1 aromatic carbocycles. The maximum absolute atomic E-state index is 13.2. The predicted octanol–water partition coefficient (Wildman–Crippen LogP) is 3.26. The van der Waals surface area contributed by atoms with Gasteiger partial charge < -0.3 is 0 Å². The maximum atomic E-state index is 13.2. The van der Waals surface area contributed by atoms with Gasteiger partial charge in [0.15, 0.2) is 5.82 Å². The molecule has 0 radical (unpaired) electrons. The van der Waals surface area contributed by atoms with E-state index >= 15 is 0 Å². The van der Waals surface area contributed by atoms with Crippen molar-refractivity contribution in [2.24, 2.45) is 0 Å². The number of nitrogens with zero attached hydrogens (tertiary/aromatic N) is 6. The first-order valence-electron chi connectivity index (χ1n) is 10.7. The van der Waals surface area contributed by atoms with Crippen LogP contribution in [0.25, 0.3) is 0 Å². The van der Waals surface area contributed by atoms with Crippen LogP contribution in [0.15, 0.2) is 24.3 Å². The van der Waals surface area contributed by atoms with Crippen LogP contribution in [0.3, 0.4) is 0 Å². The number of tetrazole rings is 1. The van der Waals surface area contributed by atoms with Crippen molar-refractivity contribution in [2.45, 2.75) is 64.1 Å². The zero-order valence-electron chi connectivity index (χ0n) is 16.8. The Morgan fingerprint density at radius 2 is 1.79 bits per heavy atom. The summed E-state index contributed by atoms with van der Waals surface area (Å²) in [7, 11) is 0. The van der Waals surface area contributed by atoms with E-state index in [1.54, 1.807) is 12.1 Å². The Hall–Kier alpha value is -1.86. The van der Waals surface area contributed by atoms with E-state index in [0.29, 0.717) is 6.54 Å². The molecule has 2 fully saturated rings. The molecule has 152 valence electrons. The minimum atomic E-state index is -0.218. The van der Waals surface area contributed by atoms with Crippen molar-refractivity contribution in [1.29, 1.82) is 0 Å². The molecule has 0 N–H and O–H groups in total. The van der Waals surface area contributed by atoms with Crippen molar-refractivity contribution in [3.63, 3.8) is 0 Å². The molecule has 0 spiro atoms. The van der Waals surface area contributed by atoms with Crippen LogP contribution < -0.4 is 0 Å². The maximum Gasteiger partial charge on any atom is 0.168 e. The number of rotatable bonds is 7. The summed E-state index contributed by atoms with van der Waals surface area (Å²) in [6.07, 6.45) is 7.66. The summed E-state index contributed by atoms with van der Waals surface area (Å²) in [4.78, 5) is 5.25. The molecule has 2 heterocycles. The normalized spacial score (nSPS) is 20.6. The molecule has 6 nitrogen and oxygen atoms in total. The molecule has 1 saturated heterocycles. The van der Waals surface area contributed by atoms with Crippen molar-refractivity contribution >= 4 is 0 Å².